The fourth-order valence-corrected chi connectivity index (χ4v) is 2.46. The molecule has 0 bridgehead atoms. The summed E-state index contributed by atoms with van der Waals surface area (Å²) in [5.74, 6) is 0.861. The second kappa shape index (κ2) is 7.31. The van der Waals surface area contributed by atoms with Gasteiger partial charge in [-0.15, -0.1) is 0 Å². The molecule has 19 heavy (non-hydrogen) atoms. The average molecular weight is 321 g/mol. The van der Waals surface area contributed by atoms with Crippen LogP contribution in [0.4, 0.5) is 0 Å². The number of hydrogen-bond acceptors (Lipinski definition) is 2. The van der Waals surface area contributed by atoms with Crippen LogP contribution in [-0.4, -0.2) is 12.4 Å². The van der Waals surface area contributed by atoms with Crippen LogP contribution in [0, 0.1) is 0 Å². The quantitative estimate of drug-likeness (QED) is 0.737. The van der Waals surface area contributed by atoms with E-state index in [-0.39, 0.29) is 6.10 Å². The molecular formula is C16H17BrO2. The number of benzene rings is 2. The molecule has 0 aliphatic heterocycles. The molecule has 2 aromatic rings. The van der Waals surface area contributed by atoms with Gasteiger partial charge in [0, 0.05) is 10.9 Å². The zero-order valence-corrected chi connectivity index (χ0v) is 12.5. The van der Waals surface area contributed by atoms with E-state index in [0.29, 0.717) is 6.61 Å². The van der Waals surface area contributed by atoms with E-state index in [2.05, 4.69) is 28.1 Å². The van der Waals surface area contributed by atoms with Crippen LogP contribution in [0.3, 0.4) is 0 Å². The van der Waals surface area contributed by atoms with E-state index in [9.17, 15) is 0 Å². The molecule has 0 aromatic heterocycles. The van der Waals surface area contributed by atoms with Crippen molar-refractivity contribution in [2.24, 2.45) is 0 Å². The van der Waals surface area contributed by atoms with E-state index >= 15 is 0 Å². The van der Waals surface area contributed by atoms with Crippen molar-refractivity contribution in [3.8, 4) is 5.75 Å². The molecule has 0 spiro atoms. The Morgan fingerprint density at radius 2 is 1.68 bits per heavy atom. The summed E-state index contributed by atoms with van der Waals surface area (Å²) in [6, 6.07) is 18.1. The van der Waals surface area contributed by atoms with Crippen LogP contribution in [0.5, 0.6) is 5.75 Å². The summed E-state index contributed by atoms with van der Waals surface area (Å²) in [5.41, 5.74) is 2.24. The first-order valence-electron chi connectivity index (χ1n) is 6.19. The van der Waals surface area contributed by atoms with Crippen LogP contribution in [0.15, 0.2) is 54.6 Å². The lowest BCUT2D eigenvalue weighted by molar-refractivity contribution is 0.0550. The summed E-state index contributed by atoms with van der Waals surface area (Å²) in [4.78, 5) is 0. The van der Waals surface area contributed by atoms with Crippen LogP contribution in [0.25, 0.3) is 0 Å². The highest BCUT2D eigenvalue weighted by Gasteiger charge is 2.15. The third-order valence-electron chi connectivity index (χ3n) is 2.92. The standard InChI is InChI=1S/C16H17BrO2/c1-18-15-10-6-5-9-14(15)16(11-17)19-12-13-7-3-2-4-8-13/h2-10,16H,11-12H2,1H3. The van der Waals surface area contributed by atoms with Crippen molar-refractivity contribution in [2.75, 3.05) is 12.4 Å². The third-order valence-corrected chi connectivity index (χ3v) is 3.51. The second-order valence-electron chi connectivity index (χ2n) is 4.18. The molecule has 2 nitrogen and oxygen atoms in total. The number of alkyl halides is 1. The predicted octanol–water partition coefficient (Wildman–Crippen LogP) is 4.35. The van der Waals surface area contributed by atoms with Crippen molar-refractivity contribution in [2.45, 2.75) is 12.7 Å². The highest BCUT2D eigenvalue weighted by molar-refractivity contribution is 9.09. The minimum absolute atomic E-state index is 0.0173. The minimum atomic E-state index is -0.0173. The summed E-state index contributed by atoms with van der Waals surface area (Å²) in [6.07, 6.45) is -0.0173. The van der Waals surface area contributed by atoms with E-state index < -0.39 is 0 Å². The number of ether oxygens (including phenoxy) is 2. The highest BCUT2D eigenvalue weighted by atomic mass is 79.9. The van der Waals surface area contributed by atoms with Gasteiger partial charge in [0.15, 0.2) is 0 Å². The van der Waals surface area contributed by atoms with Crippen molar-refractivity contribution in [1.82, 2.24) is 0 Å². The largest absolute Gasteiger partial charge is 0.496 e. The summed E-state index contributed by atoms with van der Waals surface area (Å²) in [7, 11) is 1.68. The van der Waals surface area contributed by atoms with Crippen molar-refractivity contribution in [3.63, 3.8) is 0 Å². The topological polar surface area (TPSA) is 18.5 Å². The summed E-state index contributed by atoms with van der Waals surface area (Å²) >= 11 is 3.51. The smallest absolute Gasteiger partial charge is 0.124 e. The molecule has 0 fully saturated rings. The molecule has 0 aliphatic carbocycles. The molecule has 0 radical (unpaired) electrons. The van der Waals surface area contributed by atoms with E-state index in [1.807, 2.05) is 42.5 Å². The Labute approximate surface area is 122 Å². The number of halogens is 1. The van der Waals surface area contributed by atoms with Gasteiger partial charge in [-0.05, 0) is 11.6 Å². The van der Waals surface area contributed by atoms with Crippen molar-refractivity contribution >= 4 is 15.9 Å². The first-order chi connectivity index (χ1) is 9.35. The van der Waals surface area contributed by atoms with Crippen molar-refractivity contribution in [1.29, 1.82) is 0 Å². The lowest BCUT2D eigenvalue weighted by Gasteiger charge is -2.18. The normalized spacial score (nSPS) is 12.1. The molecule has 0 saturated heterocycles. The first-order valence-corrected chi connectivity index (χ1v) is 7.31. The Kier molecular flexibility index (Phi) is 5.43. The number of rotatable bonds is 6. The maximum atomic E-state index is 5.98. The lowest BCUT2D eigenvalue weighted by Crippen LogP contribution is -2.07. The van der Waals surface area contributed by atoms with Crippen LogP contribution in [-0.2, 0) is 11.3 Å². The second-order valence-corrected chi connectivity index (χ2v) is 4.83. The van der Waals surface area contributed by atoms with Gasteiger partial charge in [-0.3, -0.25) is 0 Å². The van der Waals surface area contributed by atoms with E-state index in [1.54, 1.807) is 7.11 Å². The molecule has 0 heterocycles. The molecule has 2 rings (SSSR count). The Morgan fingerprint density at radius 1 is 1.00 bits per heavy atom. The summed E-state index contributed by atoms with van der Waals surface area (Å²) in [5, 5.41) is 0.736. The van der Waals surface area contributed by atoms with Gasteiger partial charge in [-0.1, -0.05) is 64.5 Å². The SMILES string of the molecule is COc1ccccc1C(CBr)OCc1ccccc1. The zero-order valence-electron chi connectivity index (χ0n) is 10.9. The lowest BCUT2D eigenvalue weighted by atomic mass is 10.1. The Hall–Kier alpha value is -1.32. The molecule has 0 N–H and O–H groups in total. The Bertz CT molecular complexity index is 499. The first kappa shape index (κ1) is 14.1. The maximum absolute atomic E-state index is 5.98. The molecule has 100 valence electrons. The zero-order chi connectivity index (χ0) is 13.5. The van der Waals surface area contributed by atoms with Crippen LogP contribution < -0.4 is 4.74 Å². The van der Waals surface area contributed by atoms with Gasteiger partial charge in [-0.2, -0.15) is 0 Å². The third kappa shape index (κ3) is 3.82. The monoisotopic (exact) mass is 320 g/mol. The van der Waals surface area contributed by atoms with Gasteiger partial charge in [-0.25, -0.2) is 0 Å². The number of para-hydroxylation sites is 1. The average Bonchev–Trinajstić information content (AvgIpc) is 2.49. The van der Waals surface area contributed by atoms with Crippen LogP contribution >= 0.6 is 15.9 Å². The molecule has 2 aromatic carbocycles. The van der Waals surface area contributed by atoms with Crippen molar-refractivity contribution in [3.05, 3.63) is 65.7 Å². The summed E-state index contributed by atoms with van der Waals surface area (Å²) in [6.45, 7) is 0.592. The predicted molar refractivity (Wildman–Crippen MR) is 80.8 cm³/mol. The van der Waals surface area contributed by atoms with Gasteiger partial charge >= 0.3 is 0 Å². The van der Waals surface area contributed by atoms with Gasteiger partial charge in [0.05, 0.1) is 19.8 Å². The minimum Gasteiger partial charge on any atom is -0.496 e. The van der Waals surface area contributed by atoms with Gasteiger partial charge in [0.2, 0.25) is 0 Å². The Morgan fingerprint density at radius 3 is 2.37 bits per heavy atom. The molecule has 0 amide bonds. The van der Waals surface area contributed by atoms with Crippen LogP contribution in [0.2, 0.25) is 0 Å². The van der Waals surface area contributed by atoms with Gasteiger partial charge in [0.25, 0.3) is 0 Å². The van der Waals surface area contributed by atoms with E-state index in [1.165, 1.54) is 5.56 Å². The van der Waals surface area contributed by atoms with Crippen LogP contribution in [0.1, 0.15) is 17.2 Å². The highest BCUT2D eigenvalue weighted by Crippen LogP contribution is 2.29. The van der Waals surface area contributed by atoms with E-state index in [0.717, 1.165) is 16.6 Å². The van der Waals surface area contributed by atoms with E-state index in [4.69, 9.17) is 9.47 Å². The summed E-state index contributed by atoms with van der Waals surface area (Å²) < 4.78 is 11.4. The van der Waals surface area contributed by atoms with Gasteiger partial charge in [0.1, 0.15) is 5.75 Å². The Balaban J connectivity index is 2.08. The molecular weight excluding hydrogens is 304 g/mol. The molecule has 0 saturated carbocycles. The maximum Gasteiger partial charge on any atom is 0.124 e. The fraction of sp³-hybridized carbons (Fsp3) is 0.250. The molecule has 3 heteroatoms. The van der Waals surface area contributed by atoms with Gasteiger partial charge < -0.3 is 9.47 Å². The fourth-order valence-electron chi connectivity index (χ4n) is 1.92. The molecule has 1 atom stereocenters. The number of hydrogen-bond donors (Lipinski definition) is 0. The van der Waals surface area contributed by atoms with Crippen molar-refractivity contribution < 1.29 is 9.47 Å². The number of methoxy groups -OCH3 is 1. The molecule has 0 aliphatic rings. The molecule has 1 unspecified atom stereocenters.